The minimum atomic E-state index is -0.522. The Morgan fingerprint density at radius 1 is 1.50 bits per heavy atom. The lowest BCUT2D eigenvalue weighted by Crippen LogP contribution is -2.26. The molecule has 1 heterocycles. The van der Waals surface area contributed by atoms with Crippen LogP contribution in [0.4, 0.5) is 11.4 Å². The van der Waals surface area contributed by atoms with Crippen LogP contribution in [0.5, 0.6) is 0 Å². The summed E-state index contributed by atoms with van der Waals surface area (Å²) in [5.74, 6) is -1.20. The summed E-state index contributed by atoms with van der Waals surface area (Å²) in [4.78, 5) is 35.2. The number of non-ortho nitro benzene ring substituents is 1. The lowest BCUT2D eigenvalue weighted by atomic mass is 10.1. The molecule has 1 aliphatic heterocycles. The van der Waals surface area contributed by atoms with Gasteiger partial charge in [-0.3, -0.25) is 19.7 Å². The summed E-state index contributed by atoms with van der Waals surface area (Å²) in [7, 11) is 1.27. The maximum absolute atomic E-state index is 12.0. The van der Waals surface area contributed by atoms with Gasteiger partial charge in [-0.15, -0.1) is 0 Å². The zero-order chi connectivity index (χ0) is 14.9. The molecular formula is C13H14N2O5. The minimum Gasteiger partial charge on any atom is -0.469 e. The van der Waals surface area contributed by atoms with Gasteiger partial charge in [-0.05, 0) is 12.5 Å². The number of ether oxygens (including phenoxy) is 1. The monoisotopic (exact) mass is 278 g/mol. The third kappa shape index (κ3) is 2.47. The summed E-state index contributed by atoms with van der Waals surface area (Å²) in [6, 6.07) is 4.33. The first-order valence-electron chi connectivity index (χ1n) is 6.07. The molecule has 0 radical (unpaired) electrons. The van der Waals surface area contributed by atoms with Crippen LogP contribution in [0.2, 0.25) is 0 Å². The van der Waals surface area contributed by atoms with Crippen molar-refractivity contribution in [3.8, 4) is 0 Å². The fourth-order valence-corrected chi connectivity index (χ4v) is 2.27. The van der Waals surface area contributed by atoms with E-state index in [9.17, 15) is 19.7 Å². The van der Waals surface area contributed by atoms with E-state index < -0.39 is 16.8 Å². The molecule has 0 aromatic heterocycles. The van der Waals surface area contributed by atoms with Crippen molar-refractivity contribution in [2.45, 2.75) is 13.3 Å². The summed E-state index contributed by atoms with van der Waals surface area (Å²) in [5.41, 5.74) is 1.13. The lowest BCUT2D eigenvalue weighted by Gasteiger charge is -2.18. The molecule has 0 N–H and O–H groups in total. The summed E-state index contributed by atoms with van der Waals surface area (Å²) in [6.45, 7) is 1.95. The standard InChI is InChI=1S/C13H14N2O5/c1-8-3-4-10(15(18)19)6-11(8)14-7-9(5-12(14)16)13(17)20-2/h3-4,6,9H,5,7H2,1-2H3. The molecule has 106 valence electrons. The predicted octanol–water partition coefficient (Wildman–Crippen LogP) is 1.43. The Balaban J connectivity index is 2.32. The van der Waals surface area contributed by atoms with Gasteiger partial charge in [-0.25, -0.2) is 0 Å². The van der Waals surface area contributed by atoms with Crippen molar-refractivity contribution in [1.82, 2.24) is 0 Å². The molecule has 1 amide bonds. The minimum absolute atomic E-state index is 0.0643. The Bertz CT molecular complexity index is 584. The van der Waals surface area contributed by atoms with Crippen LogP contribution >= 0.6 is 0 Å². The van der Waals surface area contributed by atoms with Gasteiger partial charge in [0.2, 0.25) is 5.91 Å². The number of anilines is 1. The Labute approximate surface area is 115 Å². The quantitative estimate of drug-likeness (QED) is 0.474. The molecule has 20 heavy (non-hydrogen) atoms. The summed E-state index contributed by atoms with van der Waals surface area (Å²) < 4.78 is 4.63. The van der Waals surface area contributed by atoms with E-state index in [1.165, 1.54) is 24.1 Å². The molecule has 0 spiro atoms. The fourth-order valence-electron chi connectivity index (χ4n) is 2.27. The highest BCUT2D eigenvalue weighted by molar-refractivity contribution is 6.00. The summed E-state index contributed by atoms with van der Waals surface area (Å²) in [6.07, 6.45) is 0.0643. The maximum atomic E-state index is 12.0. The van der Waals surface area contributed by atoms with Crippen LogP contribution < -0.4 is 4.90 Å². The lowest BCUT2D eigenvalue weighted by molar-refractivity contribution is -0.384. The Kier molecular flexibility index (Phi) is 3.69. The highest BCUT2D eigenvalue weighted by Gasteiger charge is 2.36. The topological polar surface area (TPSA) is 89.8 Å². The molecule has 2 rings (SSSR count). The van der Waals surface area contributed by atoms with Crippen molar-refractivity contribution in [2.24, 2.45) is 5.92 Å². The van der Waals surface area contributed by atoms with E-state index in [1.807, 2.05) is 0 Å². The Morgan fingerprint density at radius 3 is 2.80 bits per heavy atom. The molecular weight excluding hydrogens is 264 g/mol. The molecule has 1 saturated heterocycles. The average molecular weight is 278 g/mol. The van der Waals surface area contributed by atoms with Crippen molar-refractivity contribution in [3.05, 3.63) is 33.9 Å². The number of hydrogen-bond donors (Lipinski definition) is 0. The first-order valence-corrected chi connectivity index (χ1v) is 6.07. The van der Waals surface area contributed by atoms with E-state index in [4.69, 9.17) is 0 Å². The second-order valence-corrected chi connectivity index (χ2v) is 4.66. The Hall–Kier alpha value is -2.44. The molecule has 1 aromatic carbocycles. The average Bonchev–Trinajstić information content (AvgIpc) is 2.80. The molecule has 1 fully saturated rings. The second-order valence-electron chi connectivity index (χ2n) is 4.66. The van der Waals surface area contributed by atoms with Crippen LogP contribution in [0.15, 0.2) is 18.2 Å². The summed E-state index contributed by atoms with van der Waals surface area (Å²) >= 11 is 0. The molecule has 0 bridgehead atoms. The number of amides is 1. The van der Waals surface area contributed by atoms with Crippen molar-refractivity contribution in [2.75, 3.05) is 18.6 Å². The molecule has 0 aliphatic carbocycles. The van der Waals surface area contributed by atoms with E-state index in [0.717, 1.165) is 5.56 Å². The zero-order valence-electron chi connectivity index (χ0n) is 11.2. The van der Waals surface area contributed by atoms with Gasteiger partial charge in [0.15, 0.2) is 0 Å². The van der Waals surface area contributed by atoms with Crippen molar-refractivity contribution in [3.63, 3.8) is 0 Å². The van der Waals surface area contributed by atoms with E-state index >= 15 is 0 Å². The van der Waals surface area contributed by atoms with Gasteiger partial charge in [0, 0.05) is 25.1 Å². The van der Waals surface area contributed by atoms with Crippen LogP contribution in [-0.2, 0) is 14.3 Å². The highest BCUT2D eigenvalue weighted by Crippen LogP contribution is 2.31. The highest BCUT2D eigenvalue weighted by atomic mass is 16.6. The van der Waals surface area contributed by atoms with E-state index in [0.29, 0.717) is 5.69 Å². The number of nitro groups is 1. The third-order valence-electron chi connectivity index (χ3n) is 3.35. The first kappa shape index (κ1) is 14.0. The van der Waals surface area contributed by atoms with Gasteiger partial charge in [0.25, 0.3) is 5.69 Å². The number of esters is 1. The second kappa shape index (κ2) is 5.28. The molecule has 1 aromatic rings. The van der Waals surface area contributed by atoms with Crippen molar-refractivity contribution in [1.29, 1.82) is 0 Å². The number of methoxy groups -OCH3 is 1. The van der Waals surface area contributed by atoms with E-state index in [1.54, 1.807) is 13.0 Å². The smallest absolute Gasteiger partial charge is 0.311 e. The Morgan fingerprint density at radius 2 is 2.20 bits per heavy atom. The van der Waals surface area contributed by atoms with E-state index in [2.05, 4.69) is 4.74 Å². The molecule has 1 unspecified atom stereocenters. The number of aryl methyl sites for hydroxylation is 1. The molecule has 7 nitrogen and oxygen atoms in total. The number of carbonyl (C=O) groups is 2. The van der Waals surface area contributed by atoms with Crippen LogP contribution in [0.1, 0.15) is 12.0 Å². The molecule has 7 heteroatoms. The number of rotatable bonds is 3. The van der Waals surface area contributed by atoms with Crippen LogP contribution in [0, 0.1) is 23.0 Å². The van der Waals surface area contributed by atoms with Gasteiger partial charge in [-0.2, -0.15) is 0 Å². The van der Waals surface area contributed by atoms with Gasteiger partial charge in [-0.1, -0.05) is 6.07 Å². The van der Waals surface area contributed by atoms with Crippen molar-refractivity contribution < 1.29 is 19.2 Å². The molecule has 1 aliphatic rings. The zero-order valence-corrected chi connectivity index (χ0v) is 11.2. The third-order valence-corrected chi connectivity index (χ3v) is 3.35. The number of nitro benzene ring substituents is 1. The van der Waals surface area contributed by atoms with Gasteiger partial charge < -0.3 is 9.64 Å². The van der Waals surface area contributed by atoms with Gasteiger partial charge in [0.05, 0.1) is 23.6 Å². The number of hydrogen-bond acceptors (Lipinski definition) is 5. The largest absolute Gasteiger partial charge is 0.469 e. The summed E-state index contributed by atoms with van der Waals surface area (Å²) in [5, 5.41) is 10.8. The first-order chi connectivity index (χ1) is 9.43. The fraction of sp³-hybridized carbons (Fsp3) is 0.385. The number of benzene rings is 1. The predicted molar refractivity (Wildman–Crippen MR) is 70.3 cm³/mol. The van der Waals surface area contributed by atoms with Gasteiger partial charge in [0.1, 0.15) is 0 Å². The van der Waals surface area contributed by atoms with E-state index in [-0.39, 0.29) is 24.6 Å². The normalized spacial score (nSPS) is 18.2. The van der Waals surface area contributed by atoms with Gasteiger partial charge >= 0.3 is 5.97 Å². The SMILES string of the molecule is COC(=O)C1CC(=O)N(c2cc([N+](=O)[O-])ccc2C)C1. The molecule has 0 saturated carbocycles. The number of carbonyl (C=O) groups excluding carboxylic acids is 2. The van der Waals surface area contributed by atoms with Crippen LogP contribution in [0.3, 0.4) is 0 Å². The van der Waals surface area contributed by atoms with Crippen molar-refractivity contribution >= 4 is 23.3 Å². The number of nitrogens with zero attached hydrogens (tertiary/aromatic N) is 2. The van der Waals surface area contributed by atoms with Crippen LogP contribution in [-0.4, -0.2) is 30.5 Å². The maximum Gasteiger partial charge on any atom is 0.311 e. The molecule has 1 atom stereocenters. The van der Waals surface area contributed by atoms with Crippen LogP contribution in [0.25, 0.3) is 0 Å².